The van der Waals surface area contributed by atoms with E-state index in [1.54, 1.807) is 0 Å². The summed E-state index contributed by atoms with van der Waals surface area (Å²) in [6.07, 6.45) is 4.13. The van der Waals surface area contributed by atoms with Gasteiger partial charge in [0.1, 0.15) is 0 Å². The molecular formula is C14H29N3. The third-order valence-corrected chi connectivity index (χ3v) is 4.33. The SMILES string of the molecule is CC(C)N1CCC(CN2CCCNCC2)CC1. The van der Waals surface area contributed by atoms with Gasteiger partial charge < -0.3 is 15.1 Å². The zero-order valence-corrected chi connectivity index (χ0v) is 11.6. The Morgan fingerprint density at radius 1 is 1.06 bits per heavy atom. The third-order valence-electron chi connectivity index (χ3n) is 4.33. The number of piperidine rings is 1. The van der Waals surface area contributed by atoms with Crippen molar-refractivity contribution in [1.82, 2.24) is 15.1 Å². The molecule has 0 aromatic rings. The molecule has 3 heteroatoms. The molecule has 17 heavy (non-hydrogen) atoms. The second-order valence-corrected chi connectivity index (χ2v) is 5.98. The first kappa shape index (κ1) is 13.3. The molecular weight excluding hydrogens is 210 g/mol. The lowest BCUT2D eigenvalue weighted by molar-refractivity contribution is 0.123. The molecule has 0 unspecified atom stereocenters. The van der Waals surface area contributed by atoms with E-state index in [1.807, 2.05) is 0 Å². The highest BCUT2D eigenvalue weighted by molar-refractivity contribution is 4.78. The first-order valence-electron chi connectivity index (χ1n) is 7.43. The summed E-state index contributed by atoms with van der Waals surface area (Å²) in [6.45, 7) is 13.6. The third kappa shape index (κ3) is 4.23. The average Bonchev–Trinajstić information content (AvgIpc) is 2.58. The van der Waals surface area contributed by atoms with Crippen LogP contribution in [0.2, 0.25) is 0 Å². The number of rotatable bonds is 3. The van der Waals surface area contributed by atoms with Crippen molar-refractivity contribution in [3.8, 4) is 0 Å². The van der Waals surface area contributed by atoms with E-state index in [1.165, 1.54) is 65.1 Å². The maximum Gasteiger partial charge on any atom is 0.0107 e. The smallest absolute Gasteiger partial charge is 0.0107 e. The molecule has 1 N–H and O–H groups in total. The van der Waals surface area contributed by atoms with Gasteiger partial charge in [-0.05, 0) is 65.2 Å². The van der Waals surface area contributed by atoms with E-state index < -0.39 is 0 Å². The first-order valence-corrected chi connectivity index (χ1v) is 7.43. The minimum atomic E-state index is 0.735. The van der Waals surface area contributed by atoms with Gasteiger partial charge in [-0.3, -0.25) is 0 Å². The van der Waals surface area contributed by atoms with Crippen LogP contribution >= 0.6 is 0 Å². The zero-order chi connectivity index (χ0) is 12.1. The molecule has 0 aromatic heterocycles. The van der Waals surface area contributed by atoms with E-state index in [4.69, 9.17) is 0 Å². The van der Waals surface area contributed by atoms with Crippen LogP contribution in [-0.2, 0) is 0 Å². The second-order valence-electron chi connectivity index (χ2n) is 5.98. The summed E-state index contributed by atoms with van der Waals surface area (Å²) in [4.78, 5) is 5.30. The number of nitrogens with zero attached hydrogens (tertiary/aromatic N) is 2. The Balaban J connectivity index is 1.69. The highest BCUT2D eigenvalue weighted by Gasteiger charge is 2.22. The number of nitrogens with one attached hydrogen (secondary N) is 1. The van der Waals surface area contributed by atoms with Crippen LogP contribution in [0.3, 0.4) is 0 Å². The Kier molecular flexibility index (Phi) is 5.26. The molecule has 2 aliphatic rings. The molecule has 0 amide bonds. The average molecular weight is 239 g/mol. The van der Waals surface area contributed by atoms with Crippen LogP contribution in [0.25, 0.3) is 0 Å². The zero-order valence-electron chi connectivity index (χ0n) is 11.6. The fraction of sp³-hybridized carbons (Fsp3) is 1.00. The standard InChI is InChI=1S/C14H29N3/c1-13(2)17-9-4-14(5-10-17)12-16-8-3-6-15-7-11-16/h13-15H,3-12H2,1-2H3. The maximum atomic E-state index is 3.49. The van der Waals surface area contributed by atoms with Gasteiger partial charge in [0, 0.05) is 25.7 Å². The Hall–Kier alpha value is -0.120. The fourth-order valence-corrected chi connectivity index (χ4v) is 3.10. The van der Waals surface area contributed by atoms with Crippen LogP contribution in [0.15, 0.2) is 0 Å². The lowest BCUT2D eigenvalue weighted by Crippen LogP contribution is -2.42. The van der Waals surface area contributed by atoms with Crippen LogP contribution in [0, 0.1) is 5.92 Å². The van der Waals surface area contributed by atoms with Crippen molar-refractivity contribution < 1.29 is 0 Å². The predicted molar refractivity (Wildman–Crippen MR) is 73.4 cm³/mol. The molecule has 3 nitrogen and oxygen atoms in total. The van der Waals surface area contributed by atoms with Crippen LogP contribution in [0.4, 0.5) is 0 Å². The van der Waals surface area contributed by atoms with Crippen LogP contribution in [0.5, 0.6) is 0 Å². The van der Waals surface area contributed by atoms with E-state index in [0.29, 0.717) is 0 Å². The van der Waals surface area contributed by atoms with Crippen molar-refractivity contribution >= 4 is 0 Å². The van der Waals surface area contributed by atoms with Gasteiger partial charge >= 0.3 is 0 Å². The fourth-order valence-electron chi connectivity index (χ4n) is 3.10. The second kappa shape index (κ2) is 6.72. The summed E-state index contributed by atoms with van der Waals surface area (Å²) in [5, 5.41) is 3.49. The van der Waals surface area contributed by atoms with Crippen LogP contribution < -0.4 is 5.32 Å². The van der Waals surface area contributed by atoms with Gasteiger partial charge in [0.2, 0.25) is 0 Å². The molecule has 100 valence electrons. The van der Waals surface area contributed by atoms with Crippen molar-refractivity contribution in [3.63, 3.8) is 0 Å². The molecule has 0 bridgehead atoms. The molecule has 0 atom stereocenters. The molecule has 0 saturated carbocycles. The van der Waals surface area contributed by atoms with Gasteiger partial charge in [-0.1, -0.05) is 0 Å². The normalized spacial score (nSPS) is 26.3. The lowest BCUT2D eigenvalue weighted by atomic mass is 9.95. The van der Waals surface area contributed by atoms with Crippen LogP contribution in [-0.4, -0.2) is 61.7 Å². The van der Waals surface area contributed by atoms with Gasteiger partial charge in [0.25, 0.3) is 0 Å². The lowest BCUT2D eigenvalue weighted by Gasteiger charge is -2.36. The molecule has 0 aromatic carbocycles. The van der Waals surface area contributed by atoms with E-state index in [0.717, 1.165) is 12.0 Å². The van der Waals surface area contributed by atoms with Crippen LogP contribution in [0.1, 0.15) is 33.1 Å². The topological polar surface area (TPSA) is 18.5 Å². The van der Waals surface area contributed by atoms with Gasteiger partial charge in [-0.25, -0.2) is 0 Å². The summed E-state index contributed by atoms with van der Waals surface area (Å²) in [6, 6.07) is 0.735. The molecule has 2 aliphatic heterocycles. The van der Waals surface area contributed by atoms with Crippen molar-refractivity contribution in [2.45, 2.75) is 39.2 Å². The summed E-state index contributed by atoms with van der Waals surface area (Å²) >= 11 is 0. The monoisotopic (exact) mass is 239 g/mol. The van der Waals surface area contributed by atoms with Crippen molar-refractivity contribution in [2.24, 2.45) is 5.92 Å². The van der Waals surface area contributed by atoms with Crippen molar-refractivity contribution in [1.29, 1.82) is 0 Å². The highest BCUT2D eigenvalue weighted by Crippen LogP contribution is 2.20. The highest BCUT2D eigenvalue weighted by atomic mass is 15.2. The maximum absolute atomic E-state index is 3.49. The number of hydrogen-bond acceptors (Lipinski definition) is 3. The van der Waals surface area contributed by atoms with E-state index in [2.05, 4.69) is 29.0 Å². The van der Waals surface area contributed by atoms with Gasteiger partial charge in [-0.2, -0.15) is 0 Å². The van der Waals surface area contributed by atoms with E-state index in [9.17, 15) is 0 Å². The largest absolute Gasteiger partial charge is 0.315 e. The van der Waals surface area contributed by atoms with Crippen molar-refractivity contribution in [2.75, 3.05) is 45.8 Å². The molecule has 2 rings (SSSR count). The first-order chi connectivity index (χ1) is 8.25. The minimum Gasteiger partial charge on any atom is -0.315 e. The van der Waals surface area contributed by atoms with Crippen molar-refractivity contribution in [3.05, 3.63) is 0 Å². The minimum absolute atomic E-state index is 0.735. The Morgan fingerprint density at radius 2 is 1.82 bits per heavy atom. The Morgan fingerprint density at radius 3 is 2.53 bits per heavy atom. The molecule has 0 radical (unpaired) electrons. The molecule has 2 heterocycles. The summed E-state index contributed by atoms with van der Waals surface area (Å²) in [5.74, 6) is 0.947. The predicted octanol–water partition coefficient (Wildman–Crippen LogP) is 1.40. The van der Waals surface area contributed by atoms with Gasteiger partial charge in [-0.15, -0.1) is 0 Å². The number of hydrogen-bond donors (Lipinski definition) is 1. The quantitative estimate of drug-likeness (QED) is 0.803. The summed E-state index contributed by atoms with van der Waals surface area (Å²) in [7, 11) is 0. The molecule has 0 spiro atoms. The van der Waals surface area contributed by atoms with E-state index >= 15 is 0 Å². The Bertz CT molecular complexity index is 202. The van der Waals surface area contributed by atoms with E-state index in [-0.39, 0.29) is 0 Å². The molecule has 2 saturated heterocycles. The van der Waals surface area contributed by atoms with Gasteiger partial charge in [0.05, 0.1) is 0 Å². The molecule has 2 fully saturated rings. The molecule has 0 aliphatic carbocycles. The summed E-state index contributed by atoms with van der Waals surface area (Å²) < 4.78 is 0. The van der Waals surface area contributed by atoms with Gasteiger partial charge in [0.15, 0.2) is 0 Å². The summed E-state index contributed by atoms with van der Waals surface area (Å²) in [5.41, 5.74) is 0. The number of likely N-dealkylation sites (tertiary alicyclic amines) is 1. The Labute approximate surface area is 107 Å².